The van der Waals surface area contributed by atoms with Gasteiger partial charge in [-0.3, -0.25) is 43.1 Å². The molecule has 3 atom stereocenters. The summed E-state index contributed by atoms with van der Waals surface area (Å²) in [6.07, 6.45) is 20.2. The van der Waals surface area contributed by atoms with E-state index in [9.17, 15) is 14.4 Å². The Labute approximate surface area is 729 Å². The average Bonchev–Trinajstić information content (AvgIpc) is 1.60. The first-order valence-electron chi connectivity index (χ1n) is 43.5. The van der Waals surface area contributed by atoms with Crippen LogP contribution in [0.25, 0.3) is 15.0 Å². The average molecular weight is 1730 g/mol. The van der Waals surface area contributed by atoms with Crippen molar-refractivity contribution >= 4 is 103 Å². The first-order chi connectivity index (χ1) is 57.5. The quantitative estimate of drug-likeness (QED) is 0.0580. The second-order valence-electron chi connectivity index (χ2n) is 34.4. The molecule has 8 aliphatic heterocycles. The number of fused-ring (bicyclic) bond motifs is 9. The van der Waals surface area contributed by atoms with Crippen molar-refractivity contribution in [2.45, 2.75) is 221 Å². The number of benzene rings is 3. The Bertz CT molecular complexity index is 5150. The van der Waals surface area contributed by atoms with Gasteiger partial charge in [-0.2, -0.15) is 0 Å². The molecule has 0 spiro atoms. The molecule has 632 valence electrons. The largest absolute Gasteiger partial charge is 0.343 e. The summed E-state index contributed by atoms with van der Waals surface area (Å²) in [4.78, 5) is 74.7. The minimum atomic E-state index is -0.409. The molecule has 17 rings (SSSR count). The van der Waals surface area contributed by atoms with E-state index in [0.29, 0.717) is 52.7 Å². The van der Waals surface area contributed by atoms with Crippen LogP contribution in [0.15, 0.2) is 87.8 Å². The van der Waals surface area contributed by atoms with E-state index in [1.807, 2.05) is 98.5 Å². The number of rotatable bonds is 22. The van der Waals surface area contributed by atoms with Crippen LogP contribution in [-0.2, 0) is 14.4 Å². The van der Waals surface area contributed by atoms with Crippen LogP contribution in [0.2, 0.25) is 15.1 Å². The maximum atomic E-state index is 13.7. The molecule has 5 fully saturated rings. The molecule has 0 unspecified atom stereocenters. The van der Waals surface area contributed by atoms with Gasteiger partial charge in [-0.05, 0) is 278 Å². The molecule has 0 N–H and O–H groups in total. The van der Waals surface area contributed by atoms with Gasteiger partial charge in [0.1, 0.15) is 62.2 Å². The molecule has 21 nitrogen and oxygen atoms in total. The number of ketones is 2. The third kappa shape index (κ3) is 19.8. The van der Waals surface area contributed by atoms with Crippen LogP contribution in [0.4, 0.5) is 0 Å². The van der Waals surface area contributed by atoms with Crippen LogP contribution >= 0.6 is 68.8 Å². The Kier molecular flexibility index (Phi) is 28.4. The molecule has 14 heterocycles. The zero-order chi connectivity index (χ0) is 83.3. The van der Waals surface area contributed by atoms with Gasteiger partial charge in [0.05, 0.1) is 23.6 Å². The molecule has 119 heavy (non-hydrogen) atoms. The SMILES string of the molecule is Cc1sc2c(c1C)C(c1ccc(Cl)cc1)=N[C@@H](CC(=O)CCC1CCN(CCN(C)C)CC1)c1nnc(C)n1-2.Cc1sc2c(c1C)C(c1ccc(Cl)cc1)=N[C@@H](CC(=O)CCCCN1CCC(N3CCCCC3)CC1)c1nnc(C)n1-2.Cc1sc2c(c1C)C(c1ccc(Cl)cc1)=N[C@@H](CC(=O)N1CCC(N3CCCCC3)CC1)c1nnc(C)n1-2. The number of carbonyl (C=O) groups is 3. The van der Waals surface area contributed by atoms with E-state index in [1.54, 1.807) is 34.0 Å². The number of aromatic nitrogens is 9. The summed E-state index contributed by atoms with van der Waals surface area (Å²) in [5.41, 5.74) is 12.6. The highest BCUT2D eigenvalue weighted by Gasteiger charge is 2.39. The number of hydrogen-bond acceptors (Lipinski definition) is 20. The predicted octanol–water partition coefficient (Wildman–Crippen LogP) is 18.4. The number of Topliss-reactive ketones (excluding diaryl/α,β-unsaturated/α-hetero) is 2. The summed E-state index contributed by atoms with van der Waals surface area (Å²) in [6, 6.07) is 23.7. The first kappa shape index (κ1) is 86.6. The summed E-state index contributed by atoms with van der Waals surface area (Å²) in [5.74, 6) is 5.96. The number of hydrogen-bond donors (Lipinski definition) is 0. The predicted molar refractivity (Wildman–Crippen MR) is 484 cm³/mol. The van der Waals surface area contributed by atoms with E-state index >= 15 is 0 Å². The number of piperidine rings is 5. The van der Waals surface area contributed by atoms with Crippen LogP contribution < -0.4 is 0 Å². The van der Waals surface area contributed by atoms with Crippen molar-refractivity contribution in [2.24, 2.45) is 20.9 Å². The highest BCUT2D eigenvalue weighted by atomic mass is 35.5. The number of likely N-dealkylation sites (N-methyl/N-ethyl adjacent to an activating group) is 1. The lowest BCUT2D eigenvalue weighted by Crippen LogP contribution is -2.48. The number of unbranched alkanes of at least 4 members (excludes halogenated alkanes) is 1. The normalized spacial score (nSPS) is 19.6. The molecule has 6 aromatic heterocycles. The lowest BCUT2D eigenvalue weighted by molar-refractivity contribution is -0.133. The fourth-order valence-corrected chi connectivity index (χ4v) is 22.8. The summed E-state index contributed by atoms with van der Waals surface area (Å²) >= 11 is 23.9. The Morgan fingerprint density at radius 3 is 1.15 bits per heavy atom. The van der Waals surface area contributed by atoms with Gasteiger partial charge in [-0.15, -0.1) is 64.6 Å². The van der Waals surface area contributed by atoms with Crippen molar-refractivity contribution in [2.75, 3.05) is 99.2 Å². The number of nitrogens with zero attached hydrogens (tertiary/aromatic N) is 18. The van der Waals surface area contributed by atoms with Gasteiger partial charge in [-0.1, -0.05) is 84.0 Å². The van der Waals surface area contributed by atoms with Crippen LogP contribution in [0, 0.1) is 68.2 Å². The van der Waals surface area contributed by atoms with Crippen molar-refractivity contribution in [3.05, 3.63) is 188 Å². The van der Waals surface area contributed by atoms with Crippen molar-refractivity contribution < 1.29 is 14.4 Å². The van der Waals surface area contributed by atoms with Crippen LogP contribution in [0.5, 0.6) is 0 Å². The lowest BCUT2D eigenvalue weighted by atomic mass is 9.90. The summed E-state index contributed by atoms with van der Waals surface area (Å²) in [7, 11) is 4.25. The standard InChI is InChI=1S/C33H43ClN6OS.C30H39ClN6OS.C29H35ClN6OS/c1-22-23(2)42-33-30(22)31(25-10-12-26(34)13-11-25)35-29(32-37-36-24(3)40(32)33)21-28(41)9-5-8-16-38-19-14-27(15-20-38)39-17-6-4-7-18-39;1-19-20(2)39-30-27(19)28(23-7-9-24(31)10-8-23)32-26(29-34-33-21(3)37(29)30)18-25(38)11-6-22-12-14-36(15-13-22)17-16-35(4)5;1-18-19(2)38-29-26(18)27(21-7-9-22(30)10-8-21)31-24(28-33-32-20(3)36(28)29)17-25(37)35-15-11-23(12-16-35)34-13-5-4-6-14-34/h10-13,27,29H,4-9,14-21H2,1-3H3;7-10,22,26H,6,11-18H2,1-5H3;7-10,23-24H,4-6,11-17H2,1-3H3/t29-;26-;24-/m000/s1. The number of aliphatic imine (C=N–C) groups is 3. The van der Waals surface area contributed by atoms with E-state index in [4.69, 9.17) is 49.8 Å². The van der Waals surface area contributed by atoms with Gasteiger partial charge in [0.15, 0.2) is 17.5 Å². The number of likely N-dealkylation sites (tertiary alicyclic amines) is 5. The summed E-state index contributed by atoms with van der Waals surface area (Å²) in [6.45, 7) is 33.4. The molecular formula is C92H117Cl3N18O3S3. The van der Waals surface area contributed by atoms with Crippen molar-refractivity contribution in [1.29, 1.82) is 0 Å². The summed E-state index contributed by atoms with van der Waals surface area (Å²) < 4.78 is 6.36. The van der Waals surface area contributed by atoms with Gasteiger partial charge >= 0.3 is 0 Å². The van der Waals surface area contributed by atoms with Crippen LogP contribution in [0.1, 0.15) is 246 Å². The maximum Gasteiger partial charge on any atom is 0.225 e. The van der Waals surface area contributed by atoms with Crippen molar-refractivity contribution in [1.82, 2.24) is 73.7 Å². The Balaban J connectivity index is 0.000000140. The maximum absolute atomic E-state index is 13.7. The third-order valence-electron chi connectivity index (χ3n) is 26.1. The first-order valence-corrected chi connectivity index (χ1v) is 47.1. The molecule has 9 aromatic rings. The van der Waals surface area contributed by atoms with E-state index in [2.05, 4.69) is 124 Å². The topological polar surface area (TPSA) is 200 Å². The fraction of sp³-hybridized carbons (Fsp3) is 0.543. The van der Waals surface area contributed by atoms with E-state index in [0.717, 1.165) is 184 Å². The van der Waals surface area contributed by atoms with Crippen molar-refractivity contribution in [3.8, 4) is 15.0 Å². The van der Waals surface area contributed by atoms with E-state index < -0.39 is 6.04 Å². The zero-order valence-corrected chi connectivity index (χ0v) is 76.1. The molecule has 0 saturated carbocycles. The molecule has 0 radical (unpaired) electrons. The lowest BCUT2D eigenvalue weighted by Gasteiger charge is -2.40. The monoisotopic (exact) mass is 1720 g/mol. The fourth-order valence-electron chi connectivity index (χ4n) is 18.7. The smallest absolute Gasteiger partial charge is 0.225 e. The highest BCUT2D eigenvalue weighted by molar-refractivity contribution is 7.15. The molecule has 0 aliphatic carbocycles. The molecule has 5 saturated heterocycles. The van der Waals surface area contributed by atoms with Gasteiger partial charge in [0, 0.05) is 127 Å². The Hall–Kier alpha value is -7.33. The minimum Gasteiger partial charge on any atom is -0.343 e. The van der Waals surface area contributed by atoms with Gasteiger partial charge in [-0.25, -0.2) is 0 Å². The highest BCUT2D eigenvalue weighted by Crippen LogP contribution is 2.45. The van der Waals surface area contributed by atoms with E-state index in [1.165, 1.54) is 135 Å². The second kappa shape index (κ2) is 39.0. The molecule has 8 aliphatic rings. The molecule has 0 bridgehead atoms. The van der Waals surface area contributed by atoms with Gasteiger partial charge in [0.25, 0.3) is 0 Å². The molecular weight excluding hydrogens is 1610 g/mol. The molecule has 1 amide bonds. The zero-order valence-electron chi connectivity index (χ0n) is 71.4. The third-order valence-corrected chi connectivity index (χ3v) is 30.4. The molecule has 3 aromatic carbocycles. The van der Waals surface area contributed by atoms with Crippen LogP contribution in [0.3, 0.4) is 0 Å². The van der Waals surface area contributed by atoms with Gasteiger partial charge < -0.3 is 29.4 Å². The number of carbonyl (C=O) groups excluding carboxylic acids is 3. The van der Waals surface area contributed by atoms with E-state index in [-0.39, 0.29) is 36.0 Å². The number of thiophene rings is 3. The number of halogens is 3. The number of aryl methyl sites for hydroxylation is 6. The minimum absolute atomic E-state index is 0.150. The van der Waals surface area contributed by atoms with Gasteiger partial charge in [0.2, 0.25) is 5.91 Å². The van der Waals surface area contributed by atoms with Crippen molar-refractivity contribution in [3.63, 3.8) is 0 Å². The molecule has 27 heteroatoms. The second-order valence-corrected chi connectivity index (χ2v) is 39.3. The number of amides is 1. The van der Waals surface area contributed by atoms with Crippen LogP contribution in [-0.4, -0.2) is 220 Å². The Morgan fingerprint density at radius 1 is 0.412 bits per heavy atom. The Morgan fingerprint density at radius 2 is 0.765 bits per heavy atom. The summed E-state index contributed by atoms with van der Waals surface area (Å²) in [5, 5.41) is 32.2.